The van der Waals surface area contributed by atoms with E-state index in [2.05, 4.69) is 15.5 Å². The third kappa shape index (κ3) is 3.63. The topological polar surface area (TPSA) is 76.3 Å². The summed E-state index contributed by atoms with van der Waals surface area (Å²) >= 11 is 0. The van der Waals surface area contributed by atoms with Crippen LogP contribution in [-0.2, 0) is 11.3 Å². The second-order valence-electron chi connectivity index (χ2n) is 5.68. The molecule has 0 saturated heterocycles. The highest BCUT2D eigenvalue weighted by molar-refractivity contribution is 5.99. The molecule has 0 radical (unpaired) electrons. The van der Waals surface area contributed by atoms with Crippen LogP contribution in [0.4, 0.5) is 0 Å². The molecule has 0 atom stereocenters. The molecular weight excluding hydrogens is 316 g/mol. The summed E-state index contributed by atoms with van der Waals surface area (Å²) in [5.74, 6) is -0.367. The Morgan fingerprint density at radius 1 is 1.12 bits per heavy atom. The van der Waals surface area contributed by atoms with Crippen molar-refractivity contribution >= 4 is 22.7 Å². The molecule has 6 nitrogen and oxygen atoms in total. The maximum Gasteiger partial charge on any atom is 0.272 e. The van der Waals surface area contributed by atoms with Gasteiger partial charge in [-0.2, -0.15) is 5.10 Å². The number of aromatic nitrogens is 2. The molecule has 0 spiro atoms. The number of rotatable bonds is 4. The van der Waals surface area contributed by atoms with Crippen molar-refractivity contribution in [2.24, 2.45) is 5.10 Å². The molecule has 0 aliphatic rings. The van der Waals surface area contributed by atoms with Crippen molar-refractivity contribution in [3.63, 3.8) is 0 Å². The Balaban J connectivity index is 1.83. The molecule has 0 fully saturated rings. The summed E-state index contributed by atoms with van der Waals surface area (Å²) in [7, 11) is 0. The first-order valence-corrected chi connectivity index (χ1v) is 7.91. The van der Waals surface area contributed by atoms with Gasteiger partial charge >= 0.3 is 0 Å². The van der Waals surface area contributed by atoms with Gasteiger partial charge in [0.15, 0.2) is 0 Å². The van der Waals surface area contributed by atoms with Crippen molar-refractivity contribution in [1.29, 1.82) is 0 Å². The Bertz CT molecular complexity index is 1010. The van der Waals surface area contributed by atoms with Gasteiger partial charge in [0.05, 0.1) is 16.7 Å². The van der Waals surface area contributed by atoms with Gasteiger partial charge in [0.1, 0.15) is 12.2 Å². The SMILES string of the molecule is C/C(=N/NC(=O)Cn1c(=O)c(C)nc2ccccc21)c1ccccc1. The van der Waals surface area contributed by atoms with Gasteiger partial charge in [-0.25, -0.2) is 10.4 Å². The highest BCUT2D eigenvalue weighted by Crippen LogP contribution is 2.09. The van der Waals surface area contributed by atoms with Crippen LogP contribution in [0.25, 0.3) is 11.0 Å². The Labute approximate surface area is 144 Å². The first-order valence-electron chi connectivity index (χ1n) is 7.91. The predicted molar refractivity (Wildman–Crippen MR) is 97.5 cm³/mol. The molecule has 0 bridgehead atoms. The second kappa shape index (κ2) is 7.09. The maximum atomic E-state index is 12.4. The van der Waals surface area contributed by atoms with Gasteiger partial charge in [0, 0.05) is 0 Å². The van der Waals surface area contributed by atoms with Crippen molar-refractivity contribution < 1.29 is 4.79 Å². The lowest BCUT2D eigenvalue weighted by atomic mass is 10.1. The van der Waals surface area contributed by atoms with Crippen molar-refractivity contribution in [3.05, 3.63) is 76.2 Å². The Hall–Kier alpha value is -3.28. The minimum absolute atomic E-state index is 0.117. The first-order chi connectivity index (χ1) is 12.1. The van der Waals surface area contributed by atoms with E-state index in [1.54, 1.807) is 13.0 Å². The average molecular weight is 334 g/mol. The molecule has 6 heteroatoms. The number of fused-ring (bicyclic) bond motifs is 1. The van der Waals surface area contributed by atoms with Crippen LogP contribution in [0.3, 0.4) is 0 Å². The van der Waals surface area contributed by atoms with Gasteiger partial charge in [-0.3, -0.25) is 14.2 Å². The maximum absolute atomic E-state index is 12.4. The second-order valence-corrected chi connectivity index (χ2v) is 5.68. The molecule has 3 aromatic rings. The predicted octanol–water partition coefficient (Wildman–Crippen LogP) is 2.25. The number of nitrogens with one attached hydrogen (secondary N) is 1. The summed E-state index contributed by atoms with van der Waals surface area (Å²) in [4.78, 5) is 28.9. The van der Waals surface area contributed by atoms with Crippen LogP contribution < -0.4 is 11.0 Å². The lowest BCUT2D eigenvalue weighted by Gasteiger charge is -2.10. The van der Waals surface area contributed by atoms with Crippen molar-refractivity contribution in [1.82, 2.24) is 15.0 Å². The Kier molecular flexibility index (Phi) is 4.70. The fraction of sp³-hybridized carbons (Fsp3) is 0.158. The zero-order valence-electron chi connectivity index (χ0n) is 14.1. The lowest BCUT2D eigenvalue weighted by molar-refractivity contribution is -0.121. The van der Waals surface area contributed by atoms with Gasteiger partial charge in [0.2, 0.25) is 0 Å². The number of amides is 1. The van der Waals surface area contributed by atoms with Crippen molar-refractivity contribution in [2.75, 3.05) is 0 Å². The number of hydrogen-bond donors (Lipinski definition) is 1. The van der Waals surface area contributed by atoms with Gasteiger partial charge in [-0.05, 0) is 31.5 Å². The van der Waals surface area contributed by atoms with Gasteiger partial charge < -0.3 is 0 Å². The highest BCUT2D eigenvalue weighted by atomic mass is 16.2. The van der Waals surface area contributed by atoms with E-state index in [0.29, 0.717) is 22.4 Å². The van der Waals surface area contributed by atoms with E-state index < -0.39 is 0 Å². The van der Waals surface area contributed by atoms with Crippen LogP contribution in [0, 0.1) is 6.92 Å². The number of hydrogen-bond acceptors (Lipinski definition) is 4. The number of para-hydroxylation sites is 2. The van der Waals surface area contributed by atoms with Crippen LogP contribution in [0.5, 0.6) is 0 Å². The molecule has 126 valence electrons. The summed E-state index contributed by atoms with van der Waals surface area (Å²) in [5.41, 5.74) is 5.50. The molecule has 0 aliphatic carbocycles. The summed E-state index contributed by atoms with van der Waals surface area (Å²) in [6.07, 6.45) is 0. The van der Waals surface area contributed by atoms with Crippen LogP contribution in [0.2, 0.25) is 0 Å². The molecule has 1 amide bonds. The third-order valence-electron chi connectivity index (χ3n) is 3.86. The summed E-state index contributed by atoms with van der Waals surface area (Å²) in [6, 6.07) is 16.8. The van der Waals surface area contributed by atoms with Crippen molar-refractivity contribution in [3.8, 4) is 0 Å². The van der Waals surface area contributed by atoms with E-state index in [1.807, 2.05) is 55.5 Å². The van der Waals surface area contributed by atoms with Gasteiger partial charge in [-0.1, -0.05) is 42.5 Å². The molecule has 1 aromatic heterocycles. The molecule has 3 rings (SSSR count). The highest BCUT2D eigenvalue weighted by Gasteiger charge is 2.11. The summed E-state index contributed by atoms with van der Waals surface area (Å²) in [6.45, 7) is 3.34. The number of carbonyl (C=O) groups is 1. The van der Waals surface area contributed by atoms with E-state index in [0.717, 1.165) is 5.56 Å². The van der Waals surface area contributed by atoms with E-state index >= 15 is 0 Å². The van der Waals surface area contributed by atoms with E-state index in [9.17, 15) is 9.59 Å². The molecule has 25 heavy (non-hydrogen) atoms. The summed E-state index contributed by atoms with van der Waals surface area (Å²) in [5, 5.41) is 4.11. The molecular formula is C19H18N4O2. The van der Waals surface area contributed by atoms with Crippen LogP contribution in [0.15, 0.2) is 64.5 Å². The minimum atomic E-state index is -0.367. The van der Waals surface area contributed by atoms with Crippen molar-refractivity contribution in [2.45, 2.75) is 20.4 Å². The number of benzene rings is 2. The zero-order chi connectivity index (χ0) is 17.8. The lowest BCUT2D eigenvalue weighted by Crippen LogP contribution is -2.32. The smallest absolute Gasteiger partial charge is 0.272 e. The fourth-order valence-corrected chi connectivity index (χ4v) is 2.55. The quantitative estimate of drug-likeness (QED) is 0.587. The number of nitrogens with zero attached hydrogens (tertiary/aromatic N) is 3. The molecule has 2 aromatic carbocycles. The molecule has 0 unspecified atom stereocenters. The summed E-state index contributed by atoms with van der Waals surface area (Å²) < 4.78 is 1.42. The number of aryl methyl sites for hydroxylation is 1. The fourth-order valence-electron chi connectivity index (χ4n) is 2.55. The first kappa shape index (κ1) is 16.6. The van der Waals surface area contributed by atoms with Crippen LogP contribution >= 0.6 is 0 Å². The third-order valence-corrected chi connectivity index (χ3v) is 3.86. The van der Waals surface area contributed by atoms with E-state index in [1.165, 1.54) is 4.57 Å². The normalized spacial score (nSPS) is 11.5. The molecule has 0 aliphatic heterocycles. The Morgan fingerprint density at radius 2 is 1.80 bits per heavy atom. The van der Waals surface area contributed by atoms with Crippen LogP contribution in [0.1, 0.15) is 18.2 Å². The van der Waals surface area contributed by atoms with E-state index in [4.69, 9.17) is 0 Å². The average Bonchev–Trinajstić information content (AvgIpc) is 2.64. The molecule has 1 N–H and O–H groups in total. The standard InChI is InChI=1S/C19H18N4O2/c1-13(15-8-4-3-5-9-15)21-22-18(24)12-23-17-11-7-6-10-16(17)20-14(2)19(23)25/h3-11H,12H2,1-2H3,(H,22,24)/b21-13-. The monoisotopic (exact) mass is 334 g/mol. The molecule has 1 heterocycles. The number of hydrazone groups is 1. The van der Waals surface area contributed by atoms with Gasteiger partial charge in [0.25, 0.3) is 11.5 Å². The minimum Gasteiger partial charge on any atom is -0.296 e. The number of carbonyl (C=O) groups excluding carboxylic acids is 1. The zero-order valence-corrected chi connectivity index (χ0v) is 14.1. The van der Waals surface area contributed by atoms with E-state index in [-0.39, 0.29) is 18.0 Å². The Morgan fingerprint density at radius 3 is 2.56 bits per heavy atom. The largest absolute Gasteiger partial charge is 0.296 e. The molecule has 0 saturated carbocycles. The van der Waals surface area contributed by atoms with Crippen LogP contribution in [-0.4, -0.2) is 21.2 Å². The van der Waals surface area contributed by atoms with Gasteiger partial charge in [-0.15, -0.1) is 0 Å².